The Balaban J connectivity index is 1.60. The van der Waals surface area contributed by atoms with E-state index in [9.17, 15) is 18.0 Å². The number of amides is 2. The van der Waals surface area contributed by atoms with E-state index in [4.69, 9.17) is 0 Å². The Morgan fingerprint density at radius 1 is 1.06 bits per heavy atom. The van der Waals surface area contributed by atoms with E-state index in [1.807, 2.05) is 13.0 Å². The van der Waals surface area contributed by atoms with Crippen molar-refractivity contribution >= 4 is 54.8 Å². The number of hydrogen-bond donors (Lipinski definition) is 1. The van der Waals surface area contributed by atoms with Crippen LogP contribution in [0.5, 0.6) is 0 Å². The van der Waals surface area contributed by atoms with Crippen molar-refractivity contribution in [1.82, 2.24) is 0 Å². The Labute approximate surface area is 207 Å². The van der Waals surface area contributed by atoms with Crippen LogP contribution in [-0.4, -0.2) is 33.3 Å². The summed E-state index contributed by atoms with van der Waals surface area (Å²) in [7, 11) is -3.99. The maximum atomic E-state index is 13.4. The van der Waals surface area contributed by atoms with Crippen molar-refractivity contribution in [3.8, 4) is 0 Å². The van der Waals surface area contributed by atoms with Crippen molar-refractivity contribution < 1.29 is 18.0 Å². The molecule has 0 radical (unpaired) electrons. The SMILES string of the molecule is Cc1ccc(NC(=O)CN(c2ccc(Br)cc2)S(=O)(=O)c2ccccc2)cc1N1CCCC1=O. The largest absolute Gasteiger partial charge is 0.324 e. The number of carbonyl (C=O) groups is 2. The van der Waals surface area contributed by atoms with Crippen molar-refractivity contribution in [2.75, 3.05) is 27.6 Å². The van der Waals surface area contributed by atoms with Crippen molar-refractivity contribution in [2.45, 2.75) is 24.7 Å². The van der Waals surface area contributed by atoms with Gasteiger partial charge >= 0.3 is 0 Å². The zero-order chi connectivity index (χ0) is 24.3. The van der Waals surface area contributed by atoms with Gasteiger partial charge in [-0.15, -0.1) is 0 Å². The first-order valence-electron chi connectivity index (χ1n) is 10.8. The second-order valence-electron chi connectivity index (χ2n) is 8.00. The molecule has 0 spiro atoms. The van der Waals surface area contributed by atoms with Crippen molar-refractivity contribution in [2.24, 2.45) is 0 Å². The molecule has 1 N–H and O–H groups in total. The Bertz CT molecular complexity index is 1310. The van der Waals surface area contributed by atoms with Gasteiger partial charge in [0.05, 0.1) is 10.6 Å². The first-order valence-corrected chi connectivity index (χ1v) is 13.0. The van der Waals surface area contributed by atoms with Gasteiger partial charge in [-0.25, -0.2) is 8.42 Å². The van der Waals surface area contributed by atoms with Gasteiger partial charge in [0.15, 0.2) is 0 Å². The van der Waals surface area contributed by atoms with E-state index in [0.29, 0.717) is 24.3 Å². The Morgan fingerprint density at radius 3 is 2.41 bits per heavy atom. The van der Waals surface area contributed by atoms with E-state index < -0.39 is 22.5 Å². The van der Waals surface area contributed by atoms with Crippen LogP contribution in [0.4, 0.5) is 17.1 Å². The number of aryl methyl sites for hydroxylation is 1. The second-order valence-corrected chi connectivity index (χ2v) is 10.8. The molecule has 0 unspecified atom stereocenters. The lowest BCUT2D eigenvalue weighted by molar-refractivity contribution is -0.117. The summed E-state index contributed by atoms with van der Waals surface area (Å²) in [5.74, 6) is -0.438. The number of nitrogens with zero attached hydrogens (tertiary/aromatic N) is 2. The lowest BCUT2D eigenvalue weighted by Gasteiger charge is -2.24. The third-order valence-corrected chi connectivity index (χ3v) is 7.91. The summed E-state index contributed by atoms with van der Waals surface area (Å²) in [5.41, 5.74) is 2.55. The number of carbonyl (C=O) groups excluding carboxylic acids is 2. The van der Waals surface area contributed by atoms with Crippen molar-refractivity contribution in [3.63, 3.8) is 0 Å². The van der Waals surface area contributed by atoms with Crippen LogP contribution < -0.4 is 14.5 Å². The summed E-state index contributed by atoms with van der Waals surface area (Å²) in [4.78, 5) is 27.0. The molecule has 1 fully saturated rings. The number of rotatable bonds is 7. The van der Waals surface area contributed by atoms with Gasteiger partial charge in [-0.3, -0.25) is 13.9 Å². The average Bonchev–Trinajstić information content (AvgIpc) is 3.25. The predicted octanol–water partition coefficient (Wildman–Crippen LogP) is 4.72. The standard InChI is InChI=1S/C25H24BrN3O4S/c1-18-9-12-20(16-23(18)28-15-5-8-25(28)31)27-24(30)17-29(21-13-10-19(26)11-14-21)34(32,33)22-6-3-2-4-7-22/h2-4,6-7,9-14,16H,5,8,15,17H2,1H3,(H,27,30). The molecular weight excluding hydrogens is 518 g/mol. The van der Waals surface area contributed by atoms with Crippen molar-refractivity contribution in [3.05, 3.63) is 82.8 Å². The molecule has 0 atom stereocenters. The highest BCUT2D eigenvalue weighted by Crippen LogP contribution is 2.29. The minimum Gasteiger partial charge on any atom is -0.324 e. The zero-order valence-corrected chi connectivity index (χ0v) is 21.0. The molecule has 1 aliphatic rings. The first-order chi connectivity index (χ1) is 16.3. The number of benzene rings is 3. The van der Waals surface area contributed by atoms with Gasteiger partial charge < -0.3 is 10.2 Å². The predicted molar refractivity (Wildman–Crippen MR) is 137 cm³/mol. The number of sulfonamides is 1. The lowest BCUT2D eigenvalue weighted by Crippen LogP contribution is -2.38. The third kappa shape index (κ3) is 5.15. The molecule has 1 heterocycles. The maximum absolute atomic E-state index is 13.4. The van der Waals surface area contributed by atoms with Crippen LogP contribution in [0.3, 0.4) is 0 Å². The fraction of sp³-hybridized carbons (Fsp3) is 0.200. The van der Waals surface area contributed by atoms with Gasteiger partial charge in [-0.05, 0) is 67.4 Å². The van der Waals surface area contributed by atoms with Crippen LogP contribution >= 0.6 is 15.9 Å². The summed E-state index contributed by atoms with van der Waals surface area (Å²) < 4.78 is 28.7. The normalized spacial score (nSPS) is 13.7. The van der Waals surface area contributed by atoms with Crippen LogP contribution in [0, 0.1) is 6.92 Å². The average molecular weight is 542 g/mol. The van der Waals surface area contributed by atoms with Gasteiger partial charge in [-0.2, -0.15) is 0 Å². The Hall–Kier alpha value is -3.17. The quantitative estimate of drug-likeness (QED) is 0.468. The van der Waals surface area contributed by atoms with E-state index in [1.54, 1.807) is 59.5 Å². The van der Waals surface area contributed by atoms with Crippen LogP contribution in [-0.2, 0) is 19.6 Å². The minimum atomic E-state index is -3.99. The van der Waals surface area contributed by atoms with Gasteiger partial charge in [0, 0.05) is 28.8 Å². The summed E-state index contributed by atoms with van der Waals surface area (Å²) in [6.45, 7) is 2.14. The second kappa shape index (κ2) is 9.99. The topological polar surface area (TPSA) is 86.8 Å². The number of anilines is 3. The highest BCUT2D eigenvalue weighted by Gasteiger charge is 2.28. The number of halogens is 1. The Kier molecular flexibility index (Phi) is 7.04. The molecule has 3 aromatic rings. The number of nitrogens with one attached hydrogen (secondary N) is 1. The molecule has 2 amide bonds. The maximum Gasteiger partial charge on any atom is 0.264 e. The molecule has 1 aliphatic heterocycles. The van der Waals surface area contributed by atoms with Gasteiger partial charge in [0.1, 0.15) is 6.54 Å². The molecule has 0 bridgehead atoms. The third-order valence-electron chi connectivity index (χ3n) is 5.59. The molecular formula is C25H24BrN3O4S. The molecule has 34 heavy (non-hydrogen) atoms. The van der Waals surface area contributed by atoms with Crippen LogP contribution in [0.1, 0.15) is 18.4 Å². The fourth-order valence-electron chi connectivity index (χ4n) is 3.85. The molecule has 4 rings (SSSR count). The molecule has 0 aliphatic carbocycles. The van der Waals surface area contributed by atoms with E-state index in [0.717, 1.165) is 26.4 Å². The van der Waals surface area contributed by atoms with E-state index in [-0.39, 0.29) is 10.8 Å². The molecule has 3 aromatic carbocycles. The number of hydrogen-bond acceptors (Lipinski definition) is 4. The van der Waals surface area contributed by atoms with E-state index in [2.05, 4.69) is 21.2 Å². The van der Waals surface area contributed by atoms with Crippen molar-refractivity contribution in [1.29, 1.82) is 0 Å². The summed E-state index contributed by atoms with van der Waals surface area (Å²) >= 11 is 3.35. The minimum absolute atomic E-state index is 0.0574. The molecule has 0 saturated carbocycles. The van der Waals surface area contributed by atoms with E-state index >= 15 is 0 Å². The van der Waals surface area contributed by atoms with Crippen LogP contribution in [0.25, 0.3) is 0 Å². The fourth-order valence-corrected chi connectivity index (χ4v) is 5.56. The lowest BCUT2D eigenvalue weighted by atomic mass is 10.1. The van der Waals surface area contributed by atoms with Gasteiger partial charge in [0.25, 0.3) is 10.0 Å². The highest BCUT2D eigenvalue weighted by molar-refractivity contribution is 9.10. The van der Waals surface area contributed by atoms with Crippen LogP contribution in [0.15, 0.2) is 82.2 Å². The smallest absolute Gasteiger partial charge is 0.264 e. The first kappa shape index (κ1) is 24.0. The zero-order valence-electron chi connectivity index (χ0n) is 18.6. The van der Waals surface area contributed by atoms with Crippen LogP contribution in [0.2, 0.25) is 0 Å². The highest BCUT2D eigenvalue weighted by atomic mass is 79.9. The molecule has 7 nitrogen and oxygen atoms in total. The molecule has 176 valence electrons. The molecule has 9 heteroatoms. The monoisotopic (exact) mass is 541 g/mol. The molecule has 0 aromatic heterocycles. The van der Waals surface area contributed by atoms with Gasteiger partial charge in [0.2, 0.25) is 11.8 Å². The summed E-state index contributed by atoms with van der Waals surface area (Å²) in [6, 6.07) is 20.1. The Morgan fingerprint density at radius 2 is 1.76 bits per heavy atom. The summed E-state index contributed by atoms with van der Waals surface area (Å²) in [5, 5.41) is 2.79. The van der Waals surface area contributed by atoms with Gasteiger partial charge in [-0.1, -0.05) is 40.2 Å². The summed E-state index contributed by atoms with van der Waals surface area (Å²) in [6.07, 6.45) is 1.31. The molecule has 1 saturated heterocycles. The van der Waals surface area contributed by atoms with E-state index in [1.165, 1.54) is 12.1 Å².